The van der Waals surface area contributed by atoms with Crippen LogP contribution in [0.25, 0.3) is 0 Å². The van der Waals surface area contributed by atoms with Gasteiger partial charge in [0.2, 0.25) is 0 Å². The molecule has 0 atom stereocenters. The van der Waals surface area contributed by atoms with Gasteiger partial charge < -0.3 is 4.90 Å². The lowest BCUT2D eigenvalue weighted by Gasteiger charge is -2.17. The summed E-state index contributed by atoms with van der Waals surface area (Å²) in [7, 11) is 1.83. The molecule has 16 heavy (non-hydrogen) atoms. The largest absolute Gasteiger partial charge is 0.347 e. The summed E-state index contributed by atoms with van der Waals surface area (Å²) in [6.45, 7) is 7.37. The molecule has 5 heteroatoms. The number of aliphatic imine (C=N–C) groups is 2. The van der Waals surface area contributed by atoms with Crippen molar-refractivity contribution in [2.45, 2.75) is 6.92 Å². The standard InChI is InChI=1S/C11H16ClN3S/c1-9(4-5-10(12)13-2)8-15-6-7-16-11(15)14-3/h4-5H,2,6-8H2,1,3H3/b9-4+,10-5-,14-11?. The first-order valence-corrected chi connectivity index (χ1v) is 6.38. The van der Waals surface area contributed by atoms with Crippen LogP contribution < -0.4 is 0 Å². The Kier molecular flexibility index (Phi) is 5.63. The Bertz CT molecular complexity index is 347. The average molecular weight is 258 g/mol. The van der Waals surface area contributed by atoms with Crippen molar-refractivity contribution in [2.75, 3.05) is 25.9 Å². The lowest BCUT2D eigenvalue weighted by atomic mass is 10.2. The van der Waals surface area contributed by atoms with E-state index in [1.54, 1.807) is 17.8 Å². The fourth-order valence-electron chi connectivity index (χ4n) is 1.40. The molecule has 0 N–H and O–H groups in total. The lowest BCUT2D eigenvalue weighted by Crippen LogP contribution is -2.26. The van der Waals surface area contributed by atoms with Gasteiger partial charge in [0.1, 0.15) is 5.16 Å². The van der Waals surface area contributed by atoms with E-state index in [1.165, 1.54) is 5.57 Å². The van der Waals surface area contributed by atoms with Gasteiger partial charge in [0.05, 0.1) is 0 Å². The van der Waals surface area contributed by atoms with Gasteiger partial charge in [-0.25, -0.2) is 0 Å². The van der Waals surface area contributed by atoms with Crippen LogP contribution >= 0.6 is 23.4 Å². The number of rotatable bonds is 4. The summed E-state index contributed by atoms with van der Waals surface area (Å²) in [6, 6.07) is 0. The highest BCUT2D eigenvalue weighted by atomic mass is 35.5. The van der Waals surface area contributed by atoms with Crippen molar-refractivity contribution in [3.05, 3.63) is 22.9 Å². The van der Waals surface area contributed by atoms with E-state index in [-0.39, 0.29) is 0 Å². The number of hydrogen-bond acceptors (Lipinski definition) is 3. The van der Waals surface area contributed by atoms with E-state index in [2.05, 4.69) is 28.5 Å². The summed E-state index contributed by atoms with van der Waals surface area (Å²) < 4.78 is 0. The maximum atomic E-state index is 5.73. The predicted octanol–water partition coefficient (Wildman–Crippen LogP) is 2.75. The Morgan fingerprint density at radius 3 is 3.00 bits per heavy atom. The van der Waals surface area contributed by atoms with Crippen molar-refractivity contribution in [3.8, 4) is 0 Å². The van der Waals surface area contributed by atoms with Gasteiger partial charge in [0, 0.05) is 25.9 Å². The molecule has 0 saturated carbocycles. The normalized spacial score (nSPS) is 20.7. The van der Waals surface area contributed by atoms with Gasteiger partial charge >= 0.3 is 0 Å². The van der Waals surface area contributed by atoms with E-state index in [9.17, 15) is 0 Å². The van der Waals surface area contributed by atoms with Crippen molar-refractivity contribution < 1.29 is 0 Å². The summed E-state index contributed by atoms with van der Waals surface area (Å²) in [4.78, 5) is 10.1. The van der Waals surface area contributed by atoms with Crippen LogP contribution in [-0.4, -0.2) is 42.7 Å². The molecule has 0 amide bonds. The molecule has 0 aromatic carbocycles. The van der Waals surface area contributed by atoms with Crippen LogP contribution in [0.4, 0.5) is 0 Å². The van der Waals surface area contributed by atoms with Crippen molar-refractivity contribution >= 4 is 35.2 Å². The van der Waals surface area contributed by atoms with Gasteiger partial charge in [0.15, 0.2) is 5.17 Å². The molecule has 1 heterocycles. The van der Waals surface area contributed by atoms with E-state index < -0.39 is 0 Å². The summed E-state index contributed by atoms with van der Waals surface area (Å²) in [6.07, 6.45) is 3.73. The molecule has 1 rings (SSSR count). The minimum atomic E-state index is 0.416. The van der Waals surface area contributed by atoms with Gasteiger partial charge in [0.25, 0.3) is 0 Å². The van der Waals surface area contributed by atoms with E-state index in [4.69, 9.17) is 11.6 Å². The SMILES string of the molecule is C=N/C(Cl)=C\C=C(/C)CN1CCSC1=NC. The number of allylic oxidation sites excluding steroid dienone is 2. The Balaban J connectivity index is 2.57. The maximum absolute atomic E-state index is 5.73. The highest BCUT2D eigenvalue weighted by Gasteiger charge is 2.18. The third kappa shape index (κ3) is 4.02. The fourth-order valence-corrected chi connectivity index (χ4v) is 2.43. The highest BCUT2D eigenvalue weighted by molar-refractivity contribution is 8.14. The molecule has 0 bridgehead atoms. The van der Waals surface area contributed by atoms with E-state index in [1.807, 2.05) is 13.1 Å². The van der Waals surface area contributed by atoms with E-state index in [0.29, 0.717) is 5.16 Å². The second-order valence-corrected chi connectivity index (χ2v) is 4.89. The molecule has 0 radical (unpaired) electrons. The van der Waals surface area contributed by atoms with Crippen molar-refractivity contribution in [1.29, 1.82) is 0 Å². The first kappa shape index (κ1) is 13.3. The maximum Gasteiger partial charge on any atom is 0.159 e. The van der Waals surface area contributed by atoms with Gasteiger partial charge in [-0.05, 0) is 19.7 Å². The summed E-state index contributed by atoms with van der Waals surface area (Å²) in [5, 5.41) is 1.53. The van der Waals surface area contributed by atoms with Crippen LogP contribution in [-0.2, 0) is 0 Å². The Labute approximate surface area is 106 Å². The van der Waals surface area contributed by atoms with Gasteiger partial charge in [-0.1, -0.05) is 35.0 Å². The molecular weight excluding hydrogens is 242 g/mol. The molecule has 1 fully saturated rings. The van der Waals surface area contributed by atoms with Crippen LogP contribution in [0, 0.1) is 0 Å². The first-order valence-electron chi connectivity index (χ1n) is 5.01. The molecule has 0 aliphatic carbocycles. The predicted molar refractivity (Wildman–Crippen MR) is 74.6 cm³/mol. The number of hydrogen-bond donors (Lipinski definition) is 0. The summed E-state index contributed by atoms with van der Waals surface area (Å²) >= 11 is 7.53. The topological polar surface area (TPSA) is 28.0 Å². The molecule has 0 aromatic heterocycles. The molecule has 1 aliphatic rings. The molecule has 0 spiro atoms. The van der Waals surface area contributed by atoms with Crippen LogP contribution in [0.3, 0.4) is 0 Å². The minimum Gasteiger partial charge on any atom is -0.347 e. The van der Waals surface area contributed by atoms with E-state index >= 15 is 0 Å². The number of thioether (sulfide) groups is 1. The van der Waals surface area contributed by atoms with Crippen molar-refractivity contribution in [2.24, 2.45) is 9.98 Å². The minimum absolute atomic E-state index is 0.416. The molecule has 1 aliphatic heterocycles. The zero-order valence-electron chi connectivity index (χ0n) is 9.61. The molecule has 0 aromatic rings. The third-order valence-corrected chi connectivity index (χ3v) is 3.48. The van der Waals surface area contributed by atoms with Gasteiger partial charge in [-0.2, -0.15) is 0 Å². The zero-order chi connectivity index (χ0) is 12.0. The molecular formula is C11H16ClN3S. The zero-order valence-corrected chi connectivity index (χ0v) is 11.2. The number of nitrogens with zero attached hydrogens (tertiary/aromatic N) is 3. The Hall–Kier alpha value is -0.740. The van der Waals surface area contributed by atoms with Crippen LogP contribution in [0.1, 0.15) is 6.92 Å². The Morgan fingerprint density at radius 1 is 1.62 bits per heavy atom. The Morgan fingerprint density at radius 2 is 2.38 bits per heavy atom. The fraction of sp³-hybridized carbons (Fsp3) is 0.455. The third-order valence-electron chi connectivity index (χ3n) is 2.15. The molecule has 0 unspecified atom stereocenters. The first-order chi connectivity index (χ1) is 7.67. The van der Waals surface area contributed by atoms with Crippen molar-refractivity contribution in [3.63, 3.8) is 0 Å². The second-order valence-electron chi connectivity index (χ2n) is 3.44. The lowest BCUT2D eigenvalue weighted by molar-refractivity contribution is 0.500. The quantitative estimate of drug-likeness (QED) is 0.440. The number of amidine groups is 1. The van der Waals surface area contributed by atoms with Crippen LogP contribution in [0.2, 0.25) is 0 Å². The summed E-state index contributed by atoms with van der Waals surface area (Å²) in [5.74, 6) is 1.12. The van der Waals surface area contributed by atoms with E-state index in [0.717, 1.165) is 24.0 Å². The monoisotopic (exact) mass is 257 g/mol. The van der Waals surface area contributed by atoms with Crippen molar-refractivity contribution in [1.82, 2.24) is 4.90 Å². The van der Waals surface area contributed by atoms with Gasteiger partial charge in [-0.3, -0.25) is 9.98 Å². The highest BCUT2D eigenvalue weighted by Crippen LogP contribution is 2.18. The second kappa shape index (κ2) is 6.76. The average Bonchev–Trinajstić information content (AvgIpc) is 2.73. The number of halogens is 1. The summed E-state index contributed by atoms with van der Waals surface area (Å²) in [5.41, 5.74) is 1.23. The molecule has 88 valence electrons. The van der Waals surface area contributed by atoms with Gasteiger partial charge in [-0.15, -0.1) is 0 Å². The van der Waals surface area contributed by atoms with Crippen LogP contribution in [0.5, 0.6) is 0 Å². The molecule has 3 nitrogen and oxygen atoms in total. The smallest absolute Gasteiger partial charge is 0.159 e. The van der Waals surface area contributed by atoms with Crippen LogP contribution in [0.15, 0.2) is 32.9 Å². The molecule has 1 saturated heterocycles.